The third kappa shape index (κ3) is 3.36. The third-order valence-electron chi connectivity index (χ3n) is 3.51. The summed E-state index contributed by atoms with van der Waals surface area (Å²) in [6.07, 6.45) is 1.31. The van der Waals surface area contributed by atoms with Gasteiger partial charge in [-0.3, -0.25) is 9.59 Å². The van der Waals surface area contributed by atoms with Gasteiger partial charge in [0.15, 0.2) is 17.2 Å². The Bertz CT molecular complexity index is 541. The highest BCUT2D eigenvalue weighted by molar-refractivity contribution is 5.95. The average molecular weight is 294 g/mol. The molecule has 1 saturated heterocycles. The number of phenolic OH excluding ortho intramolecular Hbond substituents is 3. The molecular formula is C14H18N2O5. The van der Waals surface area contributed by atoms with Crippen LogP contribution in [-0.2, 0) is 4.79 Å². The van der Waals surface area contributed by atoms with Gasteiger partial charge in [0.05, 0.1) is 0 Å². The van der Waals surface area contributed by atoms with E-state index in [0.717, 1.165) is 12.1 Å². The molecule has 114 valence electrons. The van der Waals surface area contributed by atoms with E-state index in [1.54, 1.807) is 4.90 Å². The standard InChI is InChI=1S/C14H18N2O5/c1-8(17)15-10-2-4-16(5-3-10)14(21)9-6-11(18)13(20)12(19)7-9/h6-7,10,18-20H,2-5H2,1H3,(H,15,17). The molecule has 0 aromatic heterocycles. The largest absolute Gasteiger partial charge is 0.504 e. The lowest BCUT2D eigenvalue weighted by atomic mass is 10.0. The fourth-order valence-corrected chi connectivity index (χ4v) is 2.42. The first-order chi connectivity index (χ1) is 9.88. The van der Waals surface area contributed by atoms with E-state index in [9.17, 15) is 24.9 Å². The first-order valence-electron chi connectivity index (χ1n) is 6.70. The van der Waals surface area contributed by atoms with Gasteiger partial charge in [0.1, 0.15) is 0 Å². The Morgan fingerprint density at radius 3 is 2.14 bits per heavy atom. The van der Waals surface area contributed by atoms with Gasteiger partial charge in [-0.25, -0.2) is 0 Å². The summed E-state index contributed by atoms with van der Waals surface area (Å²) in [5.41, 5.74) is 0.112. The van der Waals surface area contributed by atoms with Crippen LogP contribution in [0.2, 0.25) is 0 Å². The smallest absolute Gasteiger partial charge is 0.254 e. The minimum absolute atomic E-state index is 0.0631. The summed E-state index contributed by atoms with van der Waals surface area (Å²) in [5, 5.41) is 31.0. The predicted octanol–water partition coefficient (Wildman–Crippen LogP) is 0.544. The van der Waals surface area contributed by atoms with Gasteiger partial charge in [0, 0.05) is 31.6 Å². The van der Waals surface area contributed by atoms with Gasteiger partial charge in [-0.15, -0.1) is 0 Å². The van der Waals surface area contributed by atoms with Crippen LogP contribution in [-0.4, -0.2) is 51.2 Å². The first kappa shape index (κ1) is 15.0. The third-order valence-corrected chi connectivity index (χ3v) is 3.51. The van der Waals surface area contributed by atoms with Crippen molar-refractivity contribution in [1.29, 1.82) is 0 Å². The molecule has 0 spiro atoms. The summed E-state index contributed by atoms with van der Waals surface area (Å²) >= 11 is 0. The number of carbonyl (C=O) groups excluding carboxylic acids is 2. The van der Waals surface area contributed by atoms with Crippen LogP contribution in [0, 0.1) is 0 Å². The summed E-state index contributed by atoms with van der Waals surface area (Å²) in [5.74, 6) is -2.14. The molecule has 1 heterocycles. The number of carbonyl (C=O) groups is 2. The van der Waals surface area contributed by atoms with Crippen molar-refractivity contribution < 1.29 is 24.9 Å². The van der Waals surface area contributed by atoms with Crippen LogP contribution in [0.5, 0.6) is 17.2 Å². The van der Waals surface area contributed by atoms with E-state index >= 15 is 0 Å². The summed E-state index contributed by atoms with van der Waals surface area (Å²) in [4.78, 5) is 24.9. The lowest BCUT2D eigenvalue weighted by molar-refractivity contribution is -0.119. The molecule has 2 rings (SSSR count). The fourth-order valence-electron chi connectivity index (χ4n) is 2.42. The molecular weight excluding hydrogens is 276 g/mol. The van der Waals surface area contributed by atoms with Crippen LogP contribution in [0.25, 0.3) is 0 Å². The normalized spacial score (nSPS) is 15.8. The van der Waals surface area contributed by atoms with Gasteiger partial charge < -0.3 is 25.5 Å². The zero-order valence-electron chi connectivity index (χ0n) is 11.7. The maximum atomic E-state index is 12.3. The van der Waals surface area contributed by atoms with Crippen LogP contribution in [0.4, 0.5) is 0 Å². The second-order valence-electron chi connectivity index (χ2n) is 5.13. The molecule has 7 heteroatoms. The van der Waals surface area contributed by atoms with Crippen molar-refractivity contribution >= 4 is 11.8 Å². The average Bonchev–Trinajstić information content (AvgIpc) is 2.43. The number of likely N-dealkylation sites (tertiary alicyclic amines) is 1. The number of hydrogen-bond donors (Lipinski definition) is 4. The molecule has 4 N–H and O–H groups in total. The minimum atomic E-state index is -0.643. The lowest BCUT2D eigenvalue weighted by Crippen LogP contribution is -2.46. The van der Waals surface area contributed by atoms with E-state index in [2.05, 4.69) is 5.32 Å². The summed E-state index contributed by atoms with van der Waals surface area (Å²) < 4.78 is 0. The van der Waals surface area contributed by atoms with E-state index < -0.39 is 17.2 Å². The van der Waals surface area contributed by atoms with Gasteiger partial charge in [-0.1, -0.05) is 0 Å². The van der Waals surface area contributed by atoms with Crippen molar-refractivity contribution in [3.63, 3.8) is 0 Å². The Morgan fingerprint density at radius 2 is 1.67 bits per heavy atom. The first-order valence-corrected chi connectivity index (χ1v) is 6.70. The van der Waals surface area contributed by atoms with Crippen molar-refractivity contribution in [1.82, 2.24) is 10.2 Å². The quantitative estimate of drug-likeness (QED) is 0.595. The van der Waals surface area contributed by atoms with Crippen LogP contribution >= 0.6 is 0 Å². The number of phenols is 3. The van der Waals surface area contributed by atoms with Gasteiger partial charge in [-0.2, -0.15) is 0 Å². The number of nitrogens with zero attached hydrogens (tertiary/aromatic N) is 1. The van der Waals surface area contributed by atoms with E-state index in [-0.39, 0.29) is 23.4 Å². The Morgan fingerprint density at radius 1 is 1.14 bits per heavy atom. The van der Waals surface area contributed by atoms with Crippen molar-refractivity contribution in [2.75, 3.05) is 13.1 Å². The van der Waals surface area contributed by atoms with Crippen LogP contribution in [0.1, 0.15) is 30.1 Å². The number of hydrogen-bond acceptors (Lipinski definition) is 5. The molecule has 0 unspecified atom stereocenters. The predicted molar refractivity (Wildman–Crippen MR) is 74.2 cm³/mol. The molecule has 0 bridgehead atoms. The van der Waals surface area contributed by atoms with E-state index in [1.165, 1.54) is 6.92 Å². The number of piperidine rings is 1. The van der Waals surface area contributed by atoms with E-state index in [4.69, 9.17) is 0 Å². The molecule has 2 amide bonds. The molecule has 7 nitrogen and oxygen atoms in total. The highest BCUT2D eigenvalue weighted by atomic mass is 16.3. The van der Waals surface area contributed by atoms with E-state index in [0.29, 0.717) is 25.9 Å². The topological polar surface area (TPSA) is 110 Å². The summed E-state index contributed by atoms with van der Waals surface area (Å²) in [7, 11) is 0. The van der Waals surface area contributed by atoms with Crippen molar-refractivity contribution in [2.45, 2.75) is 25.8 Å². The molecule has 0 atom stereocenters. The van der Waals surface area contributed by atoms with Crippen LogP contribution in [0.3, 0.4) is 0 Å². The number of benzene rings is 1. The molecule has 1 aromatic rings. The van der Waals surface area contributed by atoms with Crippen LogP contribution in [0.15, 0.2) is 12.1 Å². The van der Waals surface area contributed by atoms with Crippen molar-refractivity contribution in [3.05, 3.63) is 17.7 Å². The minimum Gasteiger partial charge on any atom is -0.504 e. The fraction of sp³-hybridized carbons (Fsp3) is 0.429. The number of nitrogens with one attached hydrogen (secondary N) is 1. The maximum absolute atomic E-state index is 12.3. The monoisotopic (exact) mass is 294 g/mol. The molecule has 1 aliphatic heterocycles. The van der Waals surface area contributed by atoms with Crippen molar-refractivity contribution in [2.24, 2.45) is 0 Å². The van der Waals surface area contributed by atoms with Crippen LogP contribution < -0.4 is 5.32 Å². The van der Waals surface area contributed by atoms with Gasteiger partial charge in [-0.05, 0) is 25.0 Å². The summed E-state index contributed by atoms with van der Waals surface area (Å²) in [6.45, 7) is 2.41. The highest BCUT2D eigenvalue weighted by Crippen LogP contribution is 2.35. The Balaban J connectivity index is 2.04. The van der Waals surface area contributed by atoms with Gasteiger partial charge in [0.25, 0.3) is 5.91 Å². The molecule has 1 aliphatic rings. The second-order valence-corrected chi connectivity index (χ2v) is 5.13. The van der Waals surface area contributed by atoms with Gasteiger partial charge >= 0.3 is 0 Å². The molecule has 21 heavy (non-hydrogen) atoms. The molecule has 0 saturated carbocycles. The van der Waals surface area contributed by atoms with E-state index in [1.807, 2.05) is 0 Å². The van der Waals surface area contributed by atoms with Gasteiger partial charge in [0.2, 0.25) is 5.91 Å². The molecule has 0 aliphatic carbocycles. The number of rotatable bonds is 2. The zero-order chi connectivity index (χ0) is 15.6. The number of aromatic hydroxyl groups is 3. The molecule has 1 fully saturated rings. The zero-order valence-corrected chi connectivity index (χ0v) is 11.7. The highest BCUT2D eigenvalue weighted by Gasteiger charge is 2.25. The Kier molecular flexibility index (Phi) is 4.21. The molecule has 1 aromatic carbocycles. The molecule has 0 radical (unpaired) electrons. The SMILES string of the molecule is CC(=O)NC1CCN(C(=O)c2cc(O)c(O)c(O)c2)CC1. The van der Waals surface area contributed by atoms with Crippen molar-refractivity contribution in [3.8, 4) is 17.2 Å². The maximum Gasteiger partial charge on any atom is 0.254 e. The Labute approximate surface area is 121 Å². The second kappa shape index (κ2) is 5.90. The summed E-state index contributed by atoms with van der Waals surface area (Å²) in [6, 6.07) is 2.31. The lowest BCUT2D eigenvalue weighted by Gasteiger charge is -2.32. The Hall–Kier alpha value is -2.44. The number of amides is 2.